The van der Waals surface area contributed by atoms with Gasteiger partial charge in [-0.2, -0.15) is 9.82 Å². The molecule has 0 aromatic carbocycles. The fourth-order valence-corrected chi connectivity index (χ4v) is 2.30. The van der Waals surface area contributed by atoms with Crippen LogP contribution in [-0.4, -0.2) is 49.8 Å². The summed E-state index contributed by atoms with van der Waals surface area (Å²) in [4.78, 5) is 23.3. The molecule has 0 saturated heterocycles. The van der Waals surface area contributed by atoms with E-state index in [1.165, 1.54) is 26.1 Å². The molecule has 2 N–H and O–H groups in total. The minimum absolute atomic E-state index is 0.000519. The first kappa shape index (κ1) is 16.1. The van der Waals surface area contributed by atoms with Gasteiger partial charge >= 0.3 is 11.9 Å². The maximum absolute atomic E-state index is 11.9. The first-order valence-corrected chi connectivity index (χ1v) is 7.25. The fourth-order valence-electron chi connectivity index (χ4n) is 1.26. The lowest BCUT2D eigenvalue weighted by atomic mass is 10.3. The summed E-state index contributed by atoms with van der Waals surface area (Å²) in [5, 5.41) is 5.42. The number of sulfonamides is 1. The van der Waals surface area contributed by atoms with E-state index in [0.29, 0.717) is 0 Å². The van der Waals surface area contributed by atoms with Gasteiger partial charge < -0.3 is 9.47 Å². The highest BCUT2D eigenvalue weighted by Gasteiger charge is 2.34. The Morgan fingerprint density at radius 1 is 1.30 bits per heavy atom. The number of aromatic amines is 1. The van der Waals surface area contributed by atoms with Gasteiger partial charge in [0.2, 0.25) is 6.04 Å². The number of H-pyrrole nitrogens is 1. The third-order valence-corrected chi connectivity index (χ3v) is 3.43. The van der Waals surface area contributed by atoms with Gasteiger partial charge in [0.05, 0.1) is 19.4 Å². The lowest BCUT2D eigenvalue weighted by Crippen LogP contribution is -2.48. The molecule has 0 spiro atoms. The van der Waals surface area contributed by atoms with Gasteiger partial charge in [-0.25, -0.2) is 18.0 Å². The molecule has 1 aromatic rings. The Morgan fingerprint density at radius 3 is 2.25 bits per heavy atom. The molecule has 1 aromatic heterocycles. The summed E-state index contributed by atoms with van der Waals surface area (Å²) in [6.45, 7) is 3.06. The molecule has 0 saturated carbocycles. The molecule has 10 heteroatoms. The maximum Gasteiger partial charge on any atom is 0.335 e. The number of nitrogens with zero attached hydrogens (tertiary/aromatic N) is 1. The highest BCUT2D eigenvalue weighted by molar-refractivity contribution is 7.89. The standard InChI is InChI=1S/C10H15N3O6S/c1-3-18-9(14)8(10(15)19-4-2)13-20(16,17)7-5-6-11-12-7/h5-6,8,13H,3-4H2,1-2H3,(H,11,12). The molecule has 112 valence electrons. The predicted octanol–water partition coefficient (Wildman–Crippen LogP) is -0.817. The molecule has 1 rings (SSSR count). The molecule has 0 amide bonds. The summed E-state index contributed by atoms with van der Waals surface area (Å²) in [7, 11) is -4.11. The van der Waals surface area contributed by atoms with Gasteiger partial charge in [0.1, 0.15) is 0 Å². The molecule has 20 heavy (non-hydrogen) atoms. The highest BCUT2D eigenvalue weighted by Crippen LogP contribution is 2.05. The summed E-state index contributed by atoms with van der Waals surface area (Å²) >= 11 is 0. The van der Waals surface area contributed by atoms with Crippen molar-refractivity contribution in [1.29, 1.82) is 0 Å². The number of carbonyl (C=O) groups excluding carboxylic acids is 2. The van der Waals surface area contributed by atoms with E-state index >= 15 is 0 Å². The lowest BCUT2D eigenvalue weighted by Gasteiger charge is -2.15. The Bertz CT molecular complexity index is 536. The average Bonchev–Trinajstić information content (AvgIpc) is 2.91. The van der Waals surface area contributed by atoms with Crippen molar-refractivity contribution in [3.63, 3.8) is 0 Å². The number of esters is 2. The smallest absolute Gasteiger partial charge is 0.335 e. The normalized spacial score (nSPS) is 11.3. The molecule has 0 unspecified atom stereocenters. The van der Waals surface area contributed by atoms with Crippen LogP contribution in [0.25, 0.3) is 0 Å². The number of hydrogen-bond acceptors (Lipinski definition) is 7. The summed E-state index contributed by atoms with van der Waals surface area (Å²) in [5.41, 5.74) is 0. The number of carbonyl (C=O) groups is 2. The molecular formula is C10H15N3O6S. The van der Waals surface area contributed by atoms with Crippen molar-refractivity contribution in [3.05, 3.63) is 12.3 Å². The monoisotopic (exact) mass is 305 g/mol. The van der Waals surface area contributed by atoms with Crippen LogP contribution in [0, 0.1) is 0 Å². The molecule has 0 aliphatic rings. The number of ether oxygens (including phenoxy) is 2. The molecule has 0 radical (unpaired) electrons. The second-order valence-electron chi connectivity index (χ2n) is 3.48. The van der Waals surface area contributed by atoms with Crippen LogP contribution < -0.4 is 4.72 Å². The second-order valence-corrected chi connectivity index (χ2v) is 5.16. The van der Waals surface area contributed by atoms with E-state index in [2.05, 4.69) is 19.7 Å². The number of aromatic nitrogens is 2. The molecule has 0 aliphatic heterocycles. The van der Waals surface area contributed by atoms with Crippen LogP contribution in [0.1, 0.15) is 13.8 Å². The van der Waals surface area contributed by atoms with Crippen LogP contribution in [0.5, 0.6) is 0 Å². The van der Waals surface area contributed by atoms with Gasteiger partial charge in [-0.3, -0.25) is 5.10 Å². The number of rotatable bonds is 7. The Labute approximate surface area is 115 Å². The van der Waals surface area contributed by atoms with E-state index in [9.17, 15) is 18.0 Å². The topological polar surface area (TPSA) is 127 Å². The Kier molecular flexibility index (Phi) is 5.65. The van der Waals surface area contributed by atoms with Crippen LogP contribution in [0.2, 0.25) is 0 Å². The van der Waals surface area contributed by atoms with Crippen molar-refractivity contribution in [1.82, 2.24) is 14.9 Å². The first-order valence-electron chi connectivity index (χ1n) is 5.77. The minimum atomic E-state index is -4.11. The number of hydrogen-bond donors (Lipinski definition) is 2. The second kappa shape index (κ2) is 7.01. The molecule has 9 nitrogen and oxygen atoms in total. The van der Waals surface area contributed by atoms with Crippen LogP contribution in [0.15, 0.2) is 17.3 Å². The van der Waals surface area contributed by atoms with Crippen LogP contribution in [0.4, 0.5) is 0 Å². The predicted molar refractivity (Wildman–Crippen MR) is 66.0 cm³/mol. The van der Waals surface area contributed by atoms with Crippen LogP contribution >= 0.6 is 0 Å². The summed E-state index contributed by atoms with van der Waals surface area (Å²) in [6, 6.07) is -0.585. The zero-order valence-corrected chi connectivity index (χ0v) is 11.8. The Balaban J connectivity index is 2.95. The SMILES string of the molecule is CCOC(=O)C(NS(=O)(=O)c1ccn[nH]1)C(=O)OCC. The van der Waals surface area contributed by atoms with Crippen molar-refractivity contribution in [2.24, 2.45) is 0 Å². The van der Waals surface area contributed by atoms with Crippen molar-refractivity contribution >= 4 is 22.0 Å². The van der Waals surface area contributed by atoms with E-state index in [0.717, 1.165) is 0 Å². The summed E-state index contributed by atoms with van der Waals surface area (Å²) in [6.07, 6.45) is 1.22. The minimum Gasteiger partial charge on any atom is -0.464 e. The zero-order valence-electron chi connectivity index (χ0n) is 11.0. The highest BCUT2D eigenvalue weighted by atomic mass is 32.2. The lowest BCUT2D eigenvalue weighted by molar-refractivity contribution is -0.157. The Hall–Kier alpha value is -1.94. The van der Waals surface area contributed by atoms with Crippen molar-refractivity contribution in [2.75, 3.05) is 13.2 Å². The van der Waals surface area contributed by atoms with Gasteiger partial charge in [0.15, 0.2) is 5.03 Å². The third-order valence-electron chi connectivity index (χ3n) is 2.08. The molecule has 0 bridgehead atoms. The van der Waals surface area contributed by atoms with E-state index in [1.54, 1.807) is 0 Å². The largest absolute Gasteiger partial charge is 0.464 e. The molecule has 0 atom stereocenters. The van der Waals surface area contributed by atoms with Crippen molar-refractivity contribution in [2.45, 2.75) is 24.9 Å². The summed E-state index contributed by atoms with van der Waals surface area (Å²) < 4.78 is 35.0. The van der Waals surface area contributed by atoms with Crippen LogP contribution in [-0.2, 0) is 29.1 Å². The van der Waals surface area contributed by atoms with Gasteiger partial charge in [-0.05, 0) is 19.9 Å². The maximum atomic E-state index is 11.9. The van der Waals surface area contributed by atoms with E-state index in [4.69, 9.17) is 0 Å². The molecular weight excluding hydrogens is 290 g/mol. The molecule has 1 heterocycles. The first-order chi connectivity index (χ1) is 9.42. The van der Waals surface area contributed by atoms with Crippen LogP contribution in [0.3, 0.4) is 0 Å². The van der Waals surface area contributed by atoms with Crippen molar-refractivity contribution < 1.29 is 27.5 Å². The van der Waals surface area contributed by atoms with Crippen molar-refractivity contribution in [3.8, 4) is 0 Å². The van der Waals surface area contributed by atoms with Gasteiger partial charge in [0, 0.05) is 0 Å². The Morgan fingerprint density at radius 2 is 1.85 bits per heavy atom. The summed E-state index contributed by atoms with van der Waals surface area (Å²) in [5.74, 6) is -2.07. The van der Waals surface area contributed by atoms with Gasteiger partial charge in [0.25, 0.3) is 10.0 Å². The third kappa shape index (κ3) is 4.03. The fraction of sp³-hybridized carbons (Fsp3) is 0.500. The molecule has 0 fully saturated rings. The number of nitrogens with one attached hydrogen (secondary N) is 2. The van der Waals surface area contributed by atoms with E-state index in [1.807, 2.05) is 4.72 Å². The average molecular weight is 305 g/mol. The van der Waals surface area contributed by atoms with E-state index in [-0.39, 0.29) is 18.2 Å². The molecule has 0 aliphatic carbocycles. The quantitative estimate of drug-likeness (QED) is 0.497. The van der Waals surface area contributed by atoms with Gasteiger partial charge in [-0.1, -0.05) is 0 Å². The van der Waals surface area contributed by atoms with Gasteiger partial charge in [-0.15, -0.1) is 0 Å². The zero-order chi connectivity index (χ0) is 15.2. The van der Waals surface area contributed by atoms with E-state index < -0.39 is 28.0 Å².